The number of ether oxygens (including phenoxy) is 4. The summed E-state index contributed by atoms with van der Waals surface area (Å²) in [6.07, 6.45) is 28.7. The molecule has 0 spiro atoms. The van der Waals surface area contributed by atoms with Gasteiger partial charge < -0.3 is 44.5 Å². The van der Waals surface area contributed by atoms with Gasteiger partial charge in [0.15, 0.2) is 0 Å². The van der Waals surface area contributed by atoms with Gasteiger partial charge in [0.25, 0.3) is 0 Å². The van der Waals surface area contributed by atoms with E-state index in [4.69, 9.17) is 18.9 Å². The lowest BCUT2D eigenvalue weighted by molar-refractivity contribution is -0.295. The van der Waals surface area contributed by atoms with Crippen LogP contribution in [0.15, 0.2) is 0 Å². The zero-order valence-electron chi connectivity index (χ0n) is 68.0. The summed E-state index contributed by atoms with van der Waals surface area (Å²) in [5.41, 5.74) is -7.36. The van der Waals surface area contributed by atoms with Gasteiger partial charge >= 0.3 is 23.9 Å². The van der Waals surface area contributed by atoms with Crippen LogP contribution >= 0.6 is 0 Å². The van der Waals surface area contributed by atoms with Crippen LogP contribution in [0, 0.1) is 106 Å². The van der Waals surface area contributed by atoms with Gasteiger partial charge in [0, 0.05) is 39.1 Å². The predicted octanol–water partition coefficient (Wildman–Crippen LogP) is 18.7. The summed E-state index contributed by atoms with van der Waals surface area (Å²) >= 11 is 0. The van der Waals surface area contributed by atoms with Crippen LogP contribution in [0.5, 0.6) is 0 Å². The number of esters is 4. The lowest BCUT2D eigenvalue weighted by Gasteiger charge is -2.73. The summed E-state index contributed by atoms with van der Waals surface area (Å²) in [6.45, 7) is 52.6. The van der Waals surface area contributed by atoms with Gasteiger partial charge in [0.05, 0.1) is 44.1 Å². The molecular formula is C86H148O13. The van der Waals surface area contributed by atoms with Crippen LogP contribution in [-0.4, -0.2) is 101 Å². The van der Waals surface area contributed by atoms with Gasteiger partial charge in [-0.15, -0.1) is 0 Å². The molecule has 13 nitrogen and oxygen atoms in total. The zero-order chi connectivity index (χ0) is 74.7. The molecule has 99 heavy (non-hydrogen) atoms. The molecule has 13 heteroatoms. The average Bonchev–Trinajstić information content (AvgIpc) is 0.674. The van der Waals surface area contributed by atoms with E-state index >= 15 is 0 Å². The van der Waals surface area contributed by atoms with Crippen molar-refractivity contribution in [3.05, 3.63) is 0 Å². The van der Waals surface area contributed by atoms with E-state index in [1.54, 1.807) is 0 Å². The molecule has 0 heterocycles. The molecule has 16 bridgehead atoms. The Morgan fingerprint density at radius 2 is 0.525 bits per heavy atom. The molecule has 0 amide bonds. The van der Waals surface area contributed by atoms with E-state index in [-0.39, 0.29) is 67.2 Å². The molecule has 0 saturated heterocycles. The first-order valence-electron chi connectivity index (χ1n) is 40.1. The minimum absolute atomic E-state index is 0.0105. The molecule has 0 radical (unpaired) electrons. The van der Waals surface area contributed by atoms with Crippen LogP contribution < -0.4 is 0 Å². The Bertz CT molecular complexity index is 2910. The summed E-state index contributed by atoms with van der Waals surface area (Å²) in [7, 11) is 0. The molecule has 0 aromatic heterocycles. The van der Waals surface area contributed by atoms with Crippen molar-refractivity contribution in [3.63, 3.8) is 0 Å². The Hall–Kier alpha value is -2.32. The fourth-order valence-electron chi connectivity index (χ4n) is 24.9. The number of hydrogen-bond acceptors (Lipinski definition) is 13. The van der Waals surface area contributed by atoms with E-state index < -0.39 is 66.5 Å². The minimum atomic E-state index is -0.836. The third-order valence-electron chi connectivity index (χ3n) is 32.8. The maximum atomic E-state index is 13.0. The summed E-state index contributed by atoms with van der Waals surface area (Å²) < 4.78 is 24.7. The average molecular weight is 1390 g/mol. The lowest BCUT2D eigenvalue weighted by atomic mass is 9.33. The van der Waals surface area contributed by atoms with Crippen LogP contribution in [0.25, 0.3) is 0 Å². The maximum absolute atomic E-state index is 13.0. The van der Waals surface area contributed by atoms with Crippen LogP contribution in [0.2, 0.25) is 0 Å². The Morgan fingerprint density at radius 3 is 0.808 bits per heavy atom. The van der Waals surface area contributed by atoms with Crippen molar-refractivity contribution in [2.75, 3.05) is 6.61 Å². The molecule has 8 unspecified atom stereocenters. The van der Waals surface area contributed by atoms with Gasteiger partial charge in [-0.25, -0.2) is 0 Å². The number of hydrogen-bond donors (Lipinski definition) is 5. The monoisotopic (exact) mass is 1390 g/mol. The van der Waals surface area contributed by atoms with Crippen molar-refractivity contribution < 1.29 is 63.7 Å². The highest BCUT2D eigenvalue weighted by atomic mass is 16.6. The first-order chi connectivity index (χ1) is 44.7. The highest BCUT2D eigenvalue weighted by Gasteiger charge is 2.74. The van der Waals surface area contributed by atoms with E-state index in [2.05, 4.69) is 55.4 Å². The van der Waals surface area contributed by atoms with Crippen LogP contribution in [0.1, 0.15) is 360 Å². The highest BCUT2D eigenvalue weighted by molar-refractivity contribution is 5.78. The smallest absolute Gasteiger partial charge is 0.312 e. The third-order valence-corrected chi connectivity index (χ3v) is 32.8. The van der Waals surface area contributed by atoms with E-state index in [9.17, 15) is 44.7 Å². The Morgan fingerprint density at radius 1 is 0.303 bits per heavy atom. The number of aliphatic hydroxyl groups excluding tert-OH is 1. The van der Waals surface area contributed by atoms with Crippen LogP contribution in [0.4, 0.5) is 0 Å². The van der Waals surface area contributed by atoms with Gasteiger partial charge in [-0.1, -0.05) is 27.7 Å². The molecule has 8 atom stereocenters. The van der Waals surface area contributed by atoms with Gasteiger partial charge in [0.2, 0.25) is 0 Å². The molecule has 0 aromatic carbocycles. The van der Waals surface area contributed by atoms with Crippen molar-refractivity contribution in [3.8, 4) is 0 Å². The molecule has 16 fully saturated rings. The molecule has 0 aromatic rings. The third kappa shape index (κ3) is 14.3. The van der Waals surface area contributed by atoms with Gasteiger partial charge in [0.1, 0.15) is 22.4 Å². The van der Waals surface area contributed by atoms with E-state index in [1.807, 2.05) is 125 Å². The first-order valence-corrected chi connectivity index (χ1v) is 40.1. The molecule has 16 aliphatic carbocycles. The second kappa shape index (κ2) is 25.4. The zero-order valence-corrected chi connectivity index (χ0v) is 68.0. The first kappa shape index (κ1) is 80.8. The van der Waals surface area contributed by atoms with E-state index in [0.717, 1.165) is 148 Å². The van der Waals surface area contributed by atoms with Gasteiger partial charge in [-0.05, 0) is 384 Å². The number of rotatable bonds is 20. The van der Waals surface area contributed by atoms with Crippen LogP contribution in [0.3, 0.4) is 0 Å². The molecule has 0 aliphatic heterocycles. The molecule has 5 N–H and O–H groups in total. The molecular weight excluding hydrogens is 1240 g/mol. The Kier molecular flexibility index (Phi) is 20.7. The maximum Gasteiger partial charge on any atom is 0.312 e. The van der Waals surface area contributed by atoms with E-state index in [0.29, 0.717) is 48.0 Å². The fourth-order valence-corrected chi connectivity index (χ4v) is 24.9. The summed E-state index contributed by atoms with van der Waals surface area (Å²) in [5, 5.41) is 54.6. The number of aliphatic hydroxyl groups is 5. The summed E-state index contributed by atoms with van der Waals surface area (Å²) in [5.74, 6) is 4.05. The summed E-state index contributed by atoms with van der Waals surface area (Å²) in [4.78, 5) is 51.1. The standard InChI is InChI=1S/C25H44O4.C22H38O3.C20H34O3.C19H32O3/c1-10-19(2,3)18(26)29-22(8,9)25-13-17-11-23(15-25,20(4,5)27)14-24(12-17,16-25)21(6,7)28;1-8-18(2,3)17(23)25-20(6,7)22-12-15-9-16(13-22)11-21(10-15,14-22)19(4,5)24;1-6-17(2,3)16(22)23-18(4,5)20-10-14-7-15(11-20)9-19(8-14,12-20)13-21;1-6-16(2,3)15(20)22-17(4,5)18-8-13-7-14(9-18)11-19(21,10-13)12-18/h17,27-28H,10-16H2,1-9H3;15-16,24H,8-14H2,1-7H3;14-15,21H,6-13H2,1-5H3;13-14,21H,6-12H2,1-5H3. The minimum Gasteiger partial charge on any atom is -0.459 e. The van der Waals surface area contributed by atoms with Crippen molar-refractivity contribution in [1.82, 2.24) is 0 Å². The van der Waals surface area contributed by atoms with Crippen molar-refractivity contribution in [2.45, 2.75) is 405 Å². The number of carbonyl (C=O) groups excluding carboxylic acids is 4. The SMILES string of the molecule is CCC(C)(C)C(=O)OC(C)(C)C12CC3CC(C(C)(C)O)(CC(C(C)(C)O)(C3)C1)C2.CCC(C)(C)C(=O)OC(C)(C)C12CC3CC(CC(C(C)(C)O)(C3)C1)C2.CCC(C)(C)C(=O)OC(C)(C)C12CC3CC(CC(CO)(C3)C1)C2.CCC(C)(C)C(=O)OC(C)(C)C12CC3CC(CC(O)(C3)C1)C2. The normalized spacial score (nSPS) is 38.9. The molecule has 16 aliphatic rings. The van der Waals surface area contributed by atoms with Crippen molar-refractivity contribution in [2.24, 2.45) is 106 Å². The van der Waals surface area contributed by atoms with Gasteiger partial charge in [-0.3, -0.25) is 19.2 Å². The second-order valence-electron chi connectivity index (χ2n) is 44.0. The largest absolute Gasteiger partial charge is 0.459 e. The number of carbonyl (C=O) groups is 4. The van der Waals surface area contributed by atoms with Gasteiger partial charge in [-0.2, -0.15) is 0 Å². The van der Waals surface area contributed by atoms with Crippen molar-refractivity contribution >= 4 is 23.9 Å². The predicted molar refractivity (Wildman–Crippen MR) is 393 cm³/mol. The van der Waals surface area contributed by atoms with Crippen molar-refractivity contribution in [1.29, 1.82) is 0 Å². The van der Waals surface area contributed by atoms with E-state index in [1.165, 1.54) is 32.1 Å². The second-order valence-corrected chi connectivity index (χ2v) is 44.0. The van der Waals surface area contributed by atoms with Crippen LogP contribution in [-0.2, 0) is 38.1 Å². The quantitative estimate of drug-likeness (QED) is 0.0569. The molecule has 16 saturated carbocycles. The fraction of sp³-hybridized carbons (Fsp3) is 0.953. The highest BCUT2D eigenvalue weighted by Crippen LogP contribution is 2.78. The molecule has 570 valence electrons. The molecule has 16 rings (SSSR count). The Balaban J connectivity index is 0.000000155. The topological polar surface area (TPSA) is 206 Å². The lowest BCUT2D eigenvalue weighted by Crippen LogP contribution is -2.71. The summed E-state index contributed by atoms with van der Waals surface area (Å²) in [6, 6.07) is 0. The Labute approximate surface area is 602 Å².